The fraction of sp³-hybridized carbons (Fsp3) is 0.417. The third kappa shape index (κ3) is 4.83. The van der Waals surface area contributed by atoms with Crippen LogP contribution in [-0.2, 0) is 6.54 Å². The molecular formula is C24H30N5O4. The number of nitrogen functional groups attached to an aromatic ring is 1. The lowest BCUT2D eigenvalue weighted by Gasteiger charge is -2.33. The van der Waals surface area contributed by atoms with Gasteiger partial charge in [-0.25, -0.2) is 0 Å². The van der Waals surface area contributed by atoms with Gasteiger partial charge < -0.3 is 35.6 Å². The predicted molar refractivity (Wildman–Crippen MR) is 127 cm³/mol. The SMILES string of the molecule is CCOc1cc(CN(c2nc3c(C(N)=O)[c]ccc3o2)C2CCNCC2)cc(OCC)c1N. The third-order valence-corrected chi connectivity index (χ3v) is 5.70. The molecule has 2 aromatic carbocycles. The average Bonchev–Trinajstić information content (AvgIpc) is 3.25. The van der Waals surface area contributed by atoms with Gasteiger partial charge >= 0.3 is 0 Å². The smallest absolute Gasteiger partial charge is 0.298 e. The van der Waals surface area contributed by atoms with Crippen LogP contribution < -0.4 is 31.2 Å². The number of rotatable bonds is 9. The molecule has 9 nitrogen and oxygen atoms in total. The maximum atomic E-state index is 11.9. The highest BCUT2D eigenvalue weighted by Gasteiger charge is 2.27. The van der Waals surface area contributed by atoms with Gasteiger partial charge in [0.2, 0.25) is 0 Å². The van der Waals surface area contributed by atoms with Crippen LogP contribution in [0.15, 0.2) is 28.7 Å². The van der Waals surface area contributed by atoms with Crippen LogP contribution in [0.25, 0.3) is 11.1 Å². The Morgan fingerprint density at radius 1 is 1.24 bits per heavy atom. The first-order valence-electron chi connectivity index (χ1n) is 11.3. The standard InChI is InChI=1S/C24H30N5O4/c1-3-31-19-12-15(13-20(21(19)25)32-4-2)14-29(16-8-10-27-11-9-16)24-28-22-17(23(26)30)6-5-7-18(22)33-24/h5,7,12-13,16,27H,3-4,8-11,14,25H2,1-2H3,(H2,26,30). The van der Waals surface area contributed by atoms with Gasteiger partial charge in [0, 0.05) is 12.6 Å². The maximum absolute atomic E-state index is 11.9. The zero-order chi connectivity index (χ0) is 23.4. The second-order valence-electron chi connectivity index (χ2n) is 7.91. The molecule has 0 aliphatic carbocycles. The van der Waals surface area contributed by atoms with E-state index >= 15 is 0 Å². The molecule has 0 atom stereocenters. The largest absolute Gasteiger partial charge is 0.492 e. The highest BCUT2D eigenvalue weighted by atomic mass is 16.5. The average molecular weight is 453 g/mol. The first-order valence-corrected chi connectivity index (χ1v) is 11.3. The zero-order valence-electron chi connectivity index (χ0n) is 19.0. The molecule has 3 aromatic rings. The van der Waals surface area contributed by atoms with Gasteiger partial charge in [0.05, 0.1) is 18.8 Å². The zero-order valence-corrected chi connectivity index (χ0v) is 19.0. The molecule has 1 amide bonds. The van der Waals surface area contributed by atoms with Gasteiger partial charge in [-0.15, -0.1) is 0 Å². The number of anilines is 2. The number of aromatic nitrogens is 1. The van der Waals surface area contributed by atoms with Crippen LogP contribution in [0, 0.1) is 6.07 Å². The lowest BCUT2D eigenvalue weighted by Crippen LogP contribution is -2.43. The van der Waals surface area contributed by atoms with E-state index in [0.717, 1.165) is 31.5 Å². The minimum absolute atomic E-state index is 0.198. The molecule has 9 heteroatoms. The first-order chi connectivity index (χ1) is 16.0. The number of hydrogen-bond donors (Lipinski definition) is 3. The summed E-state index contributed by atoms with van der Waals surface area (Å²) in [6.07, 6.45) is 1.86. The number of nitrogens with one attached hydrogen (secondary N) is 1. The highest BCUT2D eigenvalue weighted by Crippen LogP contribution is 2.36. The number of carbonyl (C=O) groups is 1. The van der Waals surface area contributed by atoms with E-state index in [4.69, 9.17) is 25.4 Å². The lowest BCUT2D eigenvalue weighted by molar-refractivity contribution is 0.100. The van der Waals surface area contributed by atoms with Crippen molar-refractivity contribution in [2.75, 3.05) is 36.9 Å². The molecule has 0 bridgehead atoms. The van der Waals surface area contributed by atoms with Crippen molar-refractivity contribution in [1.29, 1.82) is 0 Å². The summed E-state index contributed by atoms with van der Waals surface area (Å²) >= 11 is 0. The number of fused-ring (bicyclic) bond motifs is 1. The van der Waals surface area contributed by atoms with Crippen molar-refractivity contribution < 1.29 is 18.7 Å². The summed E-state index contributed by atoms with van der Waals surface area (Å²) in [6.45, 7) is 7.13. The van der Waals surface area contributed by atoms with E-state index in [-0.39, 0.29) is 11.6 Å². The quantitative estimate of drug-likeness (QED) is 0.423. The second kappa shape index (κ2) is 9.99. The van der Waals surface area contributed by atoms with E-state index in [1.807, 2.05) is 26.0 Å². The maximum Gasteiger partial charge on any atom is 0.298 e. The van der Waals surface area contributed by atoms with E-state index in [1.54, 1.807) is 12.1 Å². The predicted octanol–water partition coefficient (Wildman–Crippen LogP) is 2.87. The summed E-state index contributed by atoms with van der Waals surface area (Å²) in [6, 6.07) is 10.7. The molecule has 4 rings (SSSR count). The molecule has 0 saturated carbocycles. The van der Waals surface area contributed by atoms with Gasteiger partial charge in [0.25, 0.3) is 11.9 Å². The summed E-state index contributed by atoms with van der Waals surface area (Å²) in [5.41, 5.74) is 14.4. The van der Waals surface area contributed by atoms with Gasteiger partial charge in [0.15, 0.2) is 5.58 Å². The number of carbonyl (C=O) groups excluding carboxylic acids is 1. The van der Waals surface area contributed by atoms with E-state index < -0.39 is 5.91 Å². The van der Waals surface area contributed by atoms with Crippen molar-refractivity contribution in [2.24, 2.45) is 5.73 Å². The Hall–Kier alpha value is -3.46. The second-order valence-corrected chi connectivity index (χ2v) is 7.91. The summed E-state index contributed by atoms with van der Waals surface area (Å²) in [4.78, 5) is 18.7. The van der Waals surface area contributed by atoms with Gasteiger partial charge in [-0.2, -0.15) is 4.98 Å². The van der Waals surface area contributed by atoms with Crippen molar-refractivity contribution >= 4 is 28.7 Å². The van der Waals surface area contributed by atoms with E-state index in [0.29, 0.717) is 54.1 Å². The Labute approximate surface area is 193 Å². The van der Waals surface area contributed by atoms with Gasteiger partial charge in [0.1, 0.15) is 22.7 Å². The lowest BCUT2D eigenvalue weighted by atomic mass is 10.0. The number of oxazole rings is 1. The van der Waals surface area contributed by atoms with Gasteiger partial charge in [-0.05, 0) is 75.7 Å². The van der Waals surface area contributed by atoms with E-state index in [9.17, 15) is 4.79 Å². The van der Waals surface area contributed by atoms with Crippen molar-refractivity contribution in [3.05, 3.63) is 41.5 Å². The monoisotopic (exact) mass is 452 g/mol. The molecule has 2 heterocycles. The first kappa shape index (κ1) is 22.7. The normalized spacial score (nSPS) is 14.4. The van der Waals surface area contributed by atoms with Gasteiger partial charge in [-0.3, -0.25) is 4.79 Å². The number of benzene rings is 2. The summed E-state index contributed by atoms with van der Waals surface area (Å²) < 4.78 is 17.6. The molecule has 1 saturated heterocycles. The van der Waals surface area contributed by atoms with Gasteiger partial charge in [-0.1, -0.05) is 0 Å². The Balaban J connectivity index is 1.75. The molecule has 0 spiro atoms. The van der Waals surface area contributed by atoms with Crippen LogP contribution in [-0.4, -0.2) is 43.2 Å². The molecule has 1 radical (unpaired) electrons. The van der Waals surface area contributed by atoms with E-state index in [2.05, 4.69) is 21.3 Å². The molecule has 175 valence electrons. The topological polar surface area (TPSA) is 129 Å². The Kier molecular flexibility index (Phi) is 6.88. The summed E-state index contributed by atoms with van der Waals surface area (Å²) in [7, 11) is 0. The fourth-order valence-electron chi connectivity index (χ4n) is 4.16. The summed E-state index contributed by atoms with van der Waals surface area (Å²) in [5.74, 6) is 0.592. The minimum atomic E-state index is -0.588. The van der Waals surface area contributed by atoms with Crippen LogP contribution in [0.5, 0.6) is 11.5 Å². The molecule has 5 N–H and O–H groups in total. The van der Waals surface area contributed by atoms with Crippen LogP contribution >= 0.6 is 0 Å². The van der Waals surface area contributed by atoms with Crippen LogP contribution in [0.2, 0.25) is 0 Å². The Bertz CT molecular complexity index is 1100. The number of nitrogens with two attached hydrogens (primary N) is 2. The molecular weight excluding hydrogens is 422 g/mol. The number of primary amides is 1. The van der Waals surface area contributed by atoms with Crippen molar-refractivity contribution in [1.82, 2.24) is 10.3 Å². The summed E-state index contributed by atoms with van der Waals surface area (Å²) in [5, 5.41) is 3.39. The van der Waals surface area contributed by atoms with Crippen molar-refractivity contribution in [3.8, 4) is 11.5 Å². The number of nitrogens with zero attached hydrogens (tertiary/aromatic N) is 2. The molecule has 33 heavy (non-hydrogen) atoms. The van der Waals surface area contributed by atoms with Crippen LogP contribution in [0.1, 0.15) is 42.6 Å². The van der Waals surface area contributed by atoms with Crippen LogP contribution in [0.4, 0.5) is 11.7 Å². The number of amides is 1. The molecule has 0 unspecified atom stereocenters. The molecule has 1 fully saturated rings. The highest BCUT2D eigenvalue weighted by molar-refractivity contribution is 6.03. The number of ether oxygens (including phenoxy) is 2. The fourth-order valence-corrected chi connectivity index (χ4v) is 4.16. The third-order valence-electron chi connectivity index (χ3n) is 5.70. The number of piperidine rings is 1. The molecule has 1 aliphatic rings. The molecule has 1 aliphatic heterocycles. The van der Waals surface area contributed by atoms with Crippen molar-refractivity contribution in [2.45, 2.75) is 39.3 Å². The Morgan fingerprint density at radius 3 is 2.52 bits per heavy atom. The molecule has 1 aromatic heterocycles. The van der Waals surface area contributed by atoms with Crippen LogP contribution in [0.3, 0.4) is 0 Å². The van der Waals surface area contributed by atoms with E-state index in [1.165, 1.54) is 0 Å². The number of hydrogen-bond acceptors (Lipinski definition) is 8. The van der Waals surface area contributed by atoms with Crippen molar-refractivity contribution in [3.63, 3.8) is 0 Å². The Morgan fingerprint density at radius 2 is 1.91 bits per heavy atom. The minimum Gasteiger partial charge on any atom is -0.492 e.